The van der Waals surface area contributed by atoms with E-state index in [9.17, 15) is 9.59 Å². The molecule has 3 heterocycles. The second kappa shape index (κ2) is 8.53. The van der Waals surface area contributed by atoms with Gasteiger partial charge in [0.25, 0.3) is 5.91 Å². The Morgan fingerprint density at radius 2 is 1.68 bits per heavy atom. The van der Waals surface area contributed by atoms with Crippen molar-refractivity contribution in [1.29, 1.82) is 0 Å². The van der Waals surface area contributed by atoms with Gasteiger partial charge in [-0.25, -0.2) is 4.98 Å². The number of hydrogen-bond acceptors (Lipinski definition) is 8. The third-order valence-corrected chi connectivity index (χ3v) is 6.98. The first-order chi connectivity index (χ1) is 16.6. The number of thiazole rings is 1. The number of nitrogens with one attached hydrogen (secondary N) is 2. The number of ether oxygens (including phenoxy) is 4. The van der Waals surface area contributed by atoms with E-state index in [2.05, 4.69) is 15.6 Å². The molecule has 2 aliphatic heterocycles. The van der Waals surface area contributed by atoms with Crippen LogP contribution in [0.3, 0.4) is 0 Å². The zero-order valence-corrected chi connectivity index (χ0v) is 18.9. The number of aromatic nitrogens is 1. The Hall–Kier alpha value is -3.79. The number of aryl methyl sites for hydroxylation is 1. The van der Waals surface area contributed by atoms with Crippen LogP contribution in [0.25, 0.3) is 0 Å². The molecule has 174 valence electrons. The molecule has 0 radical (unpaired) electrons. The van der Waals surface area contributed by atoms with Crippen LogP contribution in [0.4, 0.5) is 10.8 Å². The molecule has 1 aromatic heterocycles. The first-order valence-corrected chi connectivity index (χ1v) is 11.9. The van der Waals surface area contributed by atoms with E-state index in [1.807, 2.05) is 0 Å². The van der Waals surface area contributed by atoms with Crippen LogP contribution in [-0.4, -0.2) is 36.8 Å². The molecule has 0 saturated heterocycles. The molecule has 0 saturated carbocycles. The highest BCUT2D eigenvalue weighted by atomic mass is 32.1. The average Bonchev–Trinajstić information content (AvgIpc) is 3.49. The molecular weight excluding hydrogens is 458 g/mol. The van der Waals surface area contributed by atoms with Crippen LogP contribution in [0, 0.1) is 0 Å². The molecule has 3 aromatic rings. The summed E-state index contributed by atoms with van der Waals surface area (Å²) >= 11 is 1.41. The molecule has 1 unspecified atom stereocenters. The van der Waals surface area contributed by atoms with Gasteiger partial charge in [-0.2, -0.15) is 0 Å². The third-order valence-electron chi connectivity index (χ3n) is 5.94. The van der Waals surface area contributed by atoms with Crippen LogP contribution in [0.15, 0.2) is 36.4 Å². The molecule has 0 fully saturated rings. The molecule has 2 amide bonds. The molecule has 1 atom stereocenters. The van der Waals surface area contributed by atoms with Crippen LogP contribution in [0.1, 0.15) is 39.7 Å². The van der Waals surface area contributed by atoms with E-state index >= 15 is 0 Å². The lowest BCUT2D eigenvalue weighted by Gasteiger charge is -2.22. The number of hydrogen-bond donors (Lipinski definition) is 2. The van der Waals surface area contributed by atoms with E-state index in [1.54, 1.807) is 36.4 Å². The number of benzene rings is 2. The van der Waals surface area contributed by atoms with Gasteiger partial charge in [0, 0.05) is 22.2 Å². The van der Waals surface area contributed by atoms with Gasteiger partial charge in [0.15, 0.2) is 28.1 Å². The van der Waals surface area contributed by atoms with Crippen molar-refractivity contribution in [1.82, 2.24) is 4.98 Å². The van der Waals surface area contributed by atoms with Gasteiger partial charge in [0.05, 0.1) is 11.6 Å². The van der Waals surface area contributed by atoms with Gasteiger partial charge in [0.1, 0.15) is 13.2 Å². The Morgan fingerprint density at radius 3 is 2.59 bits per heavy atom. The number of carbonyl (C=O) groups is 2. The van der Waals surface area contributed by atoms with E-state index in [0.29, 0.717) is 59.0 Å². The van der Waals surface area contributed by atoms with E-state index in [0.717, 1.165) is 23.4 Å². The highest BCUT2D eigenvalue weighted by molar-refractivity contribution is 7.16. The second-order valence-electron chi connectivity index (χ2n) is 8.14. The summed E-state index contributed by atoms with van der Waals surface area (Å²) in [5, 5.41) is 6.32. The number of anilines is 2. The highest BCUT2D eigenvalue weighted by Crippen LogP contribution is 2.39. The van der Waals surface area contributed by atoms with Crippen molar-refractivity contribution in [3.63, 3.8) is 0 Å². The summed E-state index contributed by atoms with van der Waals surface area (Å²) in [5.74, 6) is 1.65. The van der Waals surface area contributed by atoms with E-state index < -0.39 is 0 Å². The molecule has 10 heteroatoms. The Morgan fingerprint density at radius 1 is 0.912 bits per heavy atom. The minimum Gasteiger partial charge on any atom is -0.486 e. The molecule has 2 aromatic carbocycles. The van der Waals surface area contributed by atoms with Crippen LogP contribution < -0.4 is 29.6 Å². The Kier molecular flexibility index (Phi) is 5.21. The number of carbonyl (C=O) groups excluding carboxylic acids is 2. The van der Waals surface area contributed by atoms with Crippen molar-refractivity contribution in [3.05, 3.63) is 52.5 Å². The van der Waals surface area contributed by atoms with Crippen molar-refractivity contribution < 1.29 is 28.5 Å². The summed E-state index contributed by atoms with van der Waals surface area (Å²) in [6.07, 6.45) is 2.41. The molecule has 0 bridgehead atoms. The Labute approximate surface area is 199 Å². The maximum absolute atomic E-state index is 13.1. The Bertz CT molecular complexity index is 1290. The van der Waals surface area contributed by atoms with Gasteiger partial charge in [-0.3, -0.25) is 14.9 Å². The predicted molar refractivity (Wildman–Crippen MR) is 124 cm³/mol. The fourth-order valence-electron chi connectivity index (χ4n) is 4.28. The maximum atomic E-state index is 13.1. The van der Waals surface area contributed by atoms with Crippen molar-refractivity contribution in [2.75, 3.05) is 30.6 Å². The van der Waals surface area contributed by atoms with Crippen LogP contribution in [0.5, 0.6) is 23.0 Å². The number of fused-ring (bicyclic) bond motifs is 3. The zero-order valence-electron chi connectivity index (χ0n) is 18.1. The first-order valence-electron chi connectivity index (χ1n) is 11.1. The minimum atomic E-state index is -0.385. The fourth-order valence-corrected chi connectivity index (χ4v) is 5.34. The quantitative estimate of drug-likeness (QED) is 0.583. The van der Waals surface area contributed by atoms with Gasteiger partial charge in [-0.1, -0.05) is 0 Å². The summed E-state index contributed by atoms with van der Waals surface area (Å²) < 4.78 is 21.8. The first kappa shape index (κ1) is 20.8. The molecule has 6 rings (SSSR count). The van der Waals surface area contributed by atoms with Gasteiger partial charge in [-0.15, -0.1) is 11.3 Å². The monoisotopic (exact) mass is 479 g/mol. The van der Waals surface area contributed by atoms with Gasteiger partial charge < -0.3 is 24.3 Å². The Balaban J connectivity index is 1.17. The molecule has 1 aliphatic carbocycles. The van der Waals surface area contributed by atoms with Crippen LogP contribution in [-0.2, 0) is 11.2 Å². The minimum absolute atomic E-state index is 0.128. The third kappa shape index (κ3) is 3.90. The lowest BCUT2D eigenvalue weighted by atomic mass is 9.90. The maximum Gasteiger partial charge on any atom is 0.257 e. The molecule has 34 heavy (non-hydrogen) atoms. The van der Waals surface area contributed by atoms with Gasteiger partial charge >= 0.3 is 0 Å². The summed E-state index contributed by atoms with van der Waals surface area (Å²) in [5.41, 5.74) is 1.82. The second-order valence-corrected chi connectivity index (χ2v) is 9.23. The molecule has 9 nitrogen and oxygen atoms in total. The lowest BCUT2D eigenvalue weighted by Crippen LogP contribution is -2.25. The smallest absolute Gasteiger partial charge is 0.257 e. The molecule has 2 N–H and O–H groups in total. The predicted octanol–water partition coefficient (Wildman–Crippen LogP) is 3.95. The average molecular weight is 480 g/mol. The normalized spacial score (nSPS) is 17.6. The van der Waals surface area contributed by atoms with Gasteiger partial charge in [0.2, 0.25) is 12.7 Å². The van der Waals surface area contributed by atoms with Crippen molar-refractivity contribution in [3.8, 4) is 23.0 Å². The fraction of sp³-hybridized carbons (Fsp3) is 0.292. The van der Waals surface area contributed by atoms with Crippen molar-refractivity contribution in [2.45, 2.75) is 25.2 Å². The number of amides is 2. The topological polar surface area (TPSA) is 108 Å². The van der Waals surface area contributed by atoms with Crippen molar-refractivity contribution >= 4 is 34.0 Å². The number of rotatable bonds is 4. The largest absolute Gasteiger partial charge is 0.486 e. The summed E-state index contributed by atoms with van der Waals surface area (Å²) in [4.78, 5) is 31.5. The summed E-state index contributed by atoms with van der Waals surface area (Å²) in [6.45, 7) is 1.15. The summed E-state index contributed by atoms with van der Waals surface area (Å²) in [6, 6.07) is 10.4. The standard InChI is InChI=1S/C24H21N3O6S/c28-22(13-4-6-17-18(10-13)33-12-32-17)27-24-26-21-15(2-1-3-20(21)34-24)23(29)25-14-5-7-16-19(11-14)31-9-8-30-16/h4-7,10-11,15H,1-3,8-9,12H2,(H,25,29)(H,26,27,28). The van der Waals surface area contributed by atoms with Crippen molar-refractivity contribution in [2.24, 2.45) is 0 Å². The van der Waals surface area contributed by atoms with Crippen LogP contribution in [0.2, 0.25) is 0 Å². The SMILES string of the molecule is O=C(Nc1nc2c(s1)CCCC2C(=O)Nc1ccc2c(c1)OCCO2)c1ccc2c(c1)OCO2. The van der Waals surface area contributed by atoms with E-state index in [4.69, 9.17) is 18.9 Å². The highest BCUT2D eigenvalue weighted by Gasteiger charge is 2.31. The van der Waals surface area contributed by atoms with E-state index in [1.165, 1.54) is 11.3 Å². The zero-order chi connectivity index (χ0) is 23.1. The summed E-state index contributed by atoms with van der Waals surface area (Å²) in [7, 11) is 0. The molecule has 0 spiro atoms. The molecule has 3 aliphatic rings. The lowest BCUT2D eigenvalue weighted by molar-refractivity contribution is -0.117. The molecular formula is C24H21N3O6S. The number of nitrogens with zero attached hydrogens (tertiary/aromatic N) is 1. The van der Waals surface area contributed by atoms with Gasteiger partial charge in [-0.05, 0) is 49.6 Å². The van der Waals surface area contributed by atoms with E-state index in [-0.39, 0.29) is 24.5 Å². The van der Waals surface area contributed by atoms with Crippen LogP contribution >= 0.6 is 11.3 Å².